The average molecular weight is 422 g/mol. The summed E-state index contributed by atoms with van der Waals surface area (Å²) in [4.78, 5) is 44.1. The van der Waals surface area contributed by atoms with E-state index in [1.54, 1.807) is 20.2 Å². The number of benzene rings is 1. The van der Waals surface area contributed by atoms with E-state index in [1.807, 2.05) is 35.2 Å². The van der Waals surface area contributed by atoms with Gasteiger partial charge in [0.1, 0.15) is 11.4 Å². The average Bonchev–Trinajstić information content (AvgIpc) is 2.81. The zero-order valence-corrected chi connectivity index (χ0v) is 18.0. The molecule has 1 atom stereocenters. The Morgan fingerprint density at radius 3 is 2.55 bits per heavy atom. The minimum Gasteiger partial charge on any atom is -0.497 e. The maximum Gasteiger partial charge on any atom is 0.332 e. The Morgan fingerprint density at radius 1 is 1.10 bits per heavy atom. The van der Waals surface area contributed by atoms with Crippen molar-refractivity contribution in [3.63, 3.8) is 0 Å². The molecule has 162 valence electrons. The Bertz CT molecular complexity index is 1240. The monoisotopic (exact) mass is 422 g/mol. The summed E-state index contributed by atoms with van der Waals surface area (Å²) in [7, 11) is 4.70. The predicted octanol–water partition coefficient (Wildman–Crippen LogP) is 1.59. The molecule has 3 heterocycles. The molecule has 1 aliphatic rings. The summed E-state index contributed by atoms with van der Waals surface area (Å²) < 4.78 is 7.65. The van der Waals surface area contributed by atoms with Gasteiger partial charge in [0, 0.05) is 38.8 Å². The summed E-state index contributed by atoms with van der Waals surface area (Å²) in [5, 5.41) is 0.414. The molecule has 1 amide bonds. The number of pyridine rings is 1. The van der Waals surface area contributed by atoms with Gasteiger partial charge in [-0.3, -0.25) is 18.7 Å². The SMILES string of the molecule is COc1ccc(CC(=O)N2CCCC(c3ccc4c(=O)n(C)c(=O)n(C)c4n3)C2)cc1. The molecule has 1 aliphatic heterocycles. The van der Waals surface area contributed by atoms with Gasteiger partial charge in [-0.25, -0.2) is 9.78 Å². The number of aryl methyl sites for hydroxylation is 1. The van der Waals surface area contributed by atoms with Crippen molar-refractivity contribution in [3.05, 3.63) is 68.5 Å². The summed E-state index contributed by atoms with van der Waals surface area (Å²) in [6.45, 7) is 1.30. The molecule has 0 bridgehead atoms. The van der Waals surface area contributed by atoms with Gasteiger partial charge in [0.2, 0.25) is 5.91 Å². The van der Waals surface area contributed by atoms with Crippen LogP contribution in [0, 0.1) is 0 Å². The van der Waals surface area contributed by atoms with Crippen LogP contribution < -0.4 is 16.0 Å². The highest BCUT2D eigenvalue weighted by molar-refractivity contribution is 5.79. The van der Waals surface area contributed by atoms with E-state index < -0.39 is 5.69 Å². The van der Waals surface area contributed by atoms with Gasteiger partial charge < -0.3 is 9.64 Å². The summed E-state index contributed by atoms with van der Waals surface area (Å²) in [6, 6.07) is 11.1. The zero-order valence-electron chi connectivity index (χ0n) is 18.0. The molecule has 8 nitrogen and oxygen atoms in total. The predicted molar refractivity (Wildman–Crippen MR) is 117 cm³/mol. The molecule has 1 saturated heterocycles. The van der Waals surface area contributed by atoms with Crippen LogP contribution >= 0.6 is 0 Å². The fourth-order valence-corrected chi connectivity index (χ4v) is 4.17. The first kappa shape index (κ1) is 20.8. The number of methoxy groups -OCH3 is 1. The van der Waals surface area contributed by atoms with Gasteiger partial charge in [-0.15, -0.1) is 0 Å². The Kier molecular flexibility index (Phi) is 5.63. The molecule has 8 heteroatoms. The number of piperidine rings is 1. The molecule has 0 radical (unpaired) electrons. The van der Waals surface area contributed by atoms with Crippen LogP contribution in [0.5, 0.6) is 5.75 Å². The topological polar surface area (TPSA) is 86.4 Å². The second kappa shape index (κ2) is 8.37. The van der Waals surface area contributed by atoms with Crippen LogP contribution in [0.25, 0.3) is 11.0 Å². The first-order valence-corrected chi connectivity index (χ1v) is 10.4. The second-order valence-corrected chi connectivity index (χ2v) is 8.02. The van der Waals surface area contributed by atoms with E-state index in [1.165, 1.54) is 11.6 Å². The van der Waals surface area contributed by atoms with Crippen molar-refractivity contribution in [3.8, 4) is 5.75 Å². The summed E-state index contributed by atoms with van der Waals surface area (Å²) in [5.74, 6) is 0.912. The molecule has 0 aliphatic carbocycles. The van der Waals surface area contributed by atoms with Crippen molar-refractivity contribution in [1.82, 2.24) is 19.0 Å². The number of carbonyl (C=O) groups is 1. The molecule has 1 fully saturated rings. The van der Waals surface area contributed by atoms with Gasteiger partial charge in [-0.05, 0) is 42.7 Å². The minimum atomic E-state index is -0.401. The Hall–Kier alpha value is -3.42. The van der Waals surface area contributed by atoms with Crippen LogP contribution in [0.2, 0.25) is 0 Å². The fourth-order valence-electron chi connectivity index (χ4n) is 4.17. The number of ether oxygens (including phenoxy) is 1. The number of carbonyl (C=O) groups excluding carboxylic acids is 1. The van der Waals surface area contributed by atoms with Crippen LogP contribution in [-0.4, -0.2) is 45.1 Å². The number of hydrogen-bond acceptors (Lipinski definition) is 5. The highest BCUT2D eigenvalue weighted by Crippen LogP contribution is 2.27. The third-order valence-corrected chi connectivity index (χ3v) is 6.03. The summed E-state index contributed by atoms with van der Waals surface area (Å²) >= 11 is 0. The molecule has 0 N–H and O–H groups in total. The third kappa shape index (κ3) is 3.97. The smallest absolute Gasteiger partial charge is 0.332 e. The maximum atomic E-state index is 12.9. The largest absolute Gasteiger partial charge is 0.497 e. The highest BCUT2D eigenvalue weighted by Gasteiger charge is 2.26. The molecule has 1 unspecified atom stereocenters. The number of likely N-dealkylation sites (tertiary alicyclic amines) is 1. The normalized spacial score (nSPS) is 16.5. The maximum absolute atomic E-state index is 12.9. The highest BCUT2D eigenvalue weighted by atomic mass is 16.5. The van der Waals surface area contributed by atoms with E-state index in [0.29, 0.717) is 24.0 Å². The van der Waals surface area contributed by atoms with E-state index >= 15 is 0 Å². The number of rotatable bonds is 4. The standard InChI is InChI=1S/C23H26N4O4/c1-25-21-18(22(29)26(2)23(25)30)10-11-19(24-21)16-5-4-12-27(14-16)20(28)13-15-6-8-17(31-3)9-7-15/h6-11,16H,4-5,12-14H2,1-3H3. The number of nitrogens with zero attached hydrogens (tertiary/aromatic N) is 4. The van der Waals surface area contributed by atoms with E-state index in [9.17, 15) is 14.4 Å². The molecule has 1 aromatic carbocycles. The van der Waals surface area contributed by atoms with E-state index in [-0.39, 0.29) is 17.4 Å². The van der Waals surface area contributed by atoms with Gasteiger partial charge in [-0.2, -0.15) is 0 Å². The van der Waals surface area contributed by atoms with Gasteiger partial charge in [0.05, 0.1) is 18.9 Å². The van der Waals surface area contributed by atoms with Crippen molar-refractivity contribution in [2.75, 3.05) is 20.2 Å². The molecule has 4 rings (SSSR count). The molecule has 0 saturated carbocycles. The lowest BCUT2D eigenvalue weighted by Gasteiger charge is -2.32. The van der Waals surface area contributed by atoms with Gasteiger partial charge in [-0.1, -0.05) is 12.1 Å². The summed E-state index contributed by atoms with van der Waals surface area (Å²) in [5.41, 5.74) is 1.38. The van der Waals surface area contributed by atoms with Gasteiger partial charge >= 0.3 is 5.69 Å². The minimum absolute atomic E-state index is 0.0668. The fraction of sp³-hybridized carbons (Fsp3) is 0.391. The van der Waals surface area contributed by atoms with Crippen molar-refractivity contribution >= 4 is 16.9 Å². The van der Waals surface area contributed by atoms with Crippen LogP contribution in [-0.2, 0) is 25.3 Å². The molecular formula is C23H26N4O4. The molecule has 31 heavy (non-hydrogen) atoms. The van der Waals surface area contributed by atoms with E-state index in [4.69, 9.17) is 4.74 Å². The number of hydrogen-bond donors (Lipinski definition) is 0. The zero-order chi connectivity index (χ0) is 22.1. The van der Waals surface area contributed by atoms with Crippen LogP contribution in [0.15, 0.2) is 46.0 Å². The third-order valence-electron chi connectivity index (χ3n) is 6.03. The van der Waals surface area contributed by atoms with Crippen LogP contribution in [0.3, 0.4) is 0 Å². The van der Waals surface area contributed by atoms with Crippen LogP contribution in [0.4, 0.5) is 0 Å². The van der Waals surface area contributed by atoms with E-state index in [2.05, 4.69) is 4.98 Å². The molecule has 3 aromatic rings. The van der Waals surface area contributed by atoms with Crippen molar-refractivity contribution in [2.45, 2.75) is 25.2 Å². The quantitative estimate of drug-likeness (QED) is 0.637. The Labute approximate surface area is 179 Å². The van der Waals surface area contributed by atoms with Gasteiger partial charge in [0.15, 0.2) is 0 Å². The second-order valence-electron chi connectivity index (χ2n) is 8.02. The van der Waals surface area contributed by atoms with Crippen molar-refractivity contribution in [2.24, 2.45) is 14.1 Å². The number of aromatic nitrogens is 3. The summed E-state index contributed by atoms with van der Waals surface area (Å²) in [6.07, 6.45) is 2.13. The van der Waals surface area contributed by atoms with Crippen molar-refractivity contribution < 1.29 is 9.53 Å². The van der Waals surface area contributed by atoms with Crippen molar-refractivity contribution in [1.29, 1.82) is 0 Å². The first-order chi connectivity index (χ1) is 14.9. The lowest BCUT2D eigenvalue weighted by Crippen LogP contribution is -2.40. The lowest BCUT2D eigenvalue weighted by molar-refractivity contribution is -0.131. The Morgan fingerprint density at radius 2 is 1.84 bits per heavy atom. The Balaban J connectivity index is 1.55. The molecule has 2 aromatic heterocycles. The number of amides is 1. The van der Waals surface area contributed by atoms with Crippen LogP contribution in [0.1, 0.15) is 30.0 Å². The molecular weight excluding hydrogens is 396 g/mol. The van der Waals surface area contributed by atoms with Gasteiger partial charge in [0.25, 0.3) is 5.56 Å². The van der Waals surface area contributed by atoms with E-state index in [0.717, 1.165) is 41.0 Å². The first-order valence-electron chi connectivity index (χ1n) is 10.4. The lowest BCUT2D eigenvalue weighted by atomic mass is 9.93. The molecule has 0 spiro atoms. The number of fused-ring (bicyclic) bond motifs is 1.